The molecule has 0 heterocycles. The smallest absolute Gasteiger partial charge is 0.0127 e. The summed E-state index contributed by atoms with van der Waals surface area (Å²) in [5, 5.41) is 0. The quantitative estimate of drug-likeness (QED) is 0.755. The summed E-state index contributed by atoms with van der Waals surface area (Å²) in [4.78, 5) is 0. The van der Waals surface area contributed by atoms with Crippen LogP contribution in [0.5, 0.6) is 0 Å². The molecule has 3 saturated carbocycles. The minimum Gasteiger partial charge on any atom is -0.327 e. The maximum Gasteiger partial charge on any atom is 0.0127 e. The minimum atomic E-state index is 0.561. The van der Waals surface area contributed by atoms with Crippen LogP contribution in [0.3, 0.4) is 0 Å². The van der Waals surface area contributed by atoms with E-state index in [1.54, 1.807) is 0 Å². The number of fused-ring (bicyclic) bond motifs is 3. The molecule has 1 spiro atoms. The van der Waals surface area contributed by atoms with Crippen molar-refractivity contribution >= 4 is 0 Å². The monoisotopic (exact) mass is 221 g/mol. The van der Waals surface area contributed by atoms with E-state index in [-0.39, 0.29) is 0 Å². The maximum absolute atomic E-state index is 6.59. The first kappa shape index (κ1) is 11.1. The van der Waals surface area contributed by atoms with Gasteiger partial charge in [-0.3, -0.25) is 0 Å². The molecule has 0 aromatic carbocycles. The molecule has 1 heteroatoms. The van der Waals surface area contributed by atoms with Gasteiger partial charge in [-0.25, -0.2) is 0 Å². The highest BCUT2D eigenvalue weighted by molar-refractivity contribution is 5.09. The molecular formula is C15H27N. The number of hydrogen-bond donors (Lipinski definition) is 1. The maximum atomic E-state index is 6.59. The lowest BCUT2D eigenvalue weighted by atomic mass is 9.59. The second-order valence-corrected chi connectivity index (χ2v) is 6.78. The van der Waals surface area contributed by atoms with E-state index in [2.05, 4.69) is 6.92 Å². The summed E-state index contributed by atoms with van der Waals surface area (Å²) < 4.78 is 0. The molecular weight excluding hydrogens is 194 g/mol. The van der Waals surface area contributed by atoms with Gasteiger partial charge >= 0.3 is 0 Å². The van der Waals surface area contributed by atoms with Crippen molar-refractivity contribution in [3.63, 3.8) is 0 Å². The average Bonchev–Trinajstić information content (AvgIpc) is 2.84. The van der Waals surface area contributed by atoms with Crippen LogP contribution >= 0.6 is 0 Å². The standard InChI is InChI=1S/C15H27N/c1-2-4-11-5-3-8-15(10-11)13-7-6-12(9-13)14(15)16/h11-14H,2-10,16H2,1H3/t11-,12?,13+,14-,15-/m1/s1. The van der Waals surface area contributed by atoms with Gasteiger partial charge in [0.1, 0.15) is 0 Å². The van der Waals surface area contributed by atoms with Crippen LogP contribution in [-0.4, -0.2) is 6.04 Å². The normalized spacial score (nSPS) is 51.4. The van der Waals surface area contributed by atoms with Gasteiger partial charge in [0, 0.05) is 6.04 Å². The van der Waals surface area contributed by atoms with Crippen molar-refractivity contribution in [2.45, 2.75) is 70.8 Å². The summed E-state index contributed by atoms with van der Waals surface area (Å²) in [6, 6.07) is 0.561. The predicted octanol–water partition coefficient (Wildman–Crippen LogP) is 3.72. The highest BCUT2D eigenvalue weighted by Gasteiger charge is 2.57. The third-order valence-corrected chi connectivity index (χ3v) is 6.08. The molecule has 0 aromatic heterocycles. The van der Waals surface area contributed by atoms with Crippen LogP contribution in [0, 0.1) is 23.2 Å². The zero-order chi connectivity index (χ0) is 11.2. The largest absolute Gasteiger partial charge is 0.327 e. The third-order valence-electron chi connectivity index (χ3n) is 6.08. The Balaban J connectivity index is 1.77. The van der Waals surface area contributed by atoms with Gasteiger partial charge in [0.05, 0.1) is 0 Å². The molecule has 16 heavy (non-hydrogen) atoms. The minimum absolute atomic E-state index is 0.561. The Kier molecular flexibility index (Phi) is 2.78. The summed E-state index contributed by atoms with van der Waals surface area (Å²) in [7, 11) is 0. The van der Waals surface area contributed by atoms with E-state index in [1.165, 1.54) is 57.8 Å². The van der Waals surface area contributed by atoms with Crippen molar-refractivity contribution in [3.05, 3.63) is 0 Å². The highest BCUT2D eigenvalue weighted by atomic mass is 14.8. The van der Waals surface area contributed by atoms with Crippen molar-refractivity contribution in [1.29, 1.82) is 0 Å². The molecule has 2 N–H and O–H groups in total. The summed E-state index contributed by atoms with van der Waals surface area (Å²) in [6.07, 6.45) is 13.1. The zero-order valence-electron chi connectivity index (χ0n) is 10.8. The van der Waals surface area contributed by atoms with Crippen molar-refractivity contribution in [2.75, 3.05) is 0 Å². The Labute approximate surface area is 100 Å². The molecule has 3 aliphatic carbocycles. The van der Waals surface area contributed by atoms with Gasteiger partial charge in [0.15, 0.2) is 0 Å². The van der Waals surface area contributed by atoms with Crippen molar-refractivity contribution in [1.82, 2.24) is 0 Å². The molecule has 0 radical (unpaired) electrons. The molecule has 92 valence electrons. The Morgan fingerprint density at radius 3 is 2.81 bits per heavy atom. The summed E-state index contributed by atoms with van der Waals surface area (Å²) in [5.41, 5.74) is 7.19. The summed E-state index contributed by atoms with van der Waals surface area (Å²) in [5.74, 6) is 2.90. The molecule has 1 nitrogen and oxygen atoms in total. The van der Waals surface area contributed by atoms with Crippen molar-refractivity contribution < 1.29 is 0 Å². The molecule has 0 saturated heterocycles. The third kappa shape index (κ3) is 1.47. The fraction of sp³-hybridized carbons (Fsp3) is 1.00. The van der Waals surface area contributed by atoms with Gasteiger partial charge in [-0.05, 0) is 55.3 Å². The molecule has 2 bridgehead atoms. The number of nitrogens with two attached hydrogens (primary N) is 1. The van der Waals surface area contributed by atoms with Crippen LogP contribution in [0.1, 0.15) is 64.7 Å². The first-order valence-electron chi connectivity index (χ1n) is 7.52. The molecule has 5 atom stereocenters. The van der Waals surface area contributed by atoms with Crippen LogP contribution < -0.4 is 5.73 Å². The van der Waals surface area contributed by atoms with Gasteiger partial charge in [0.25, 0.3) is 0 Å². The number of rotatable bonds is 2. The fourth-order valence-electron chi connectivity index (χ4n) is 5.40. The molecule has 0 aliphatic heterocycles. The molecule has 3 fully saturated rings. The van der Waals surface area contributed by atoms with Gasteiger partial charge in [-0.2, -0.15) is 0 Å². The Morgan fingerprint density at radius 1 is 1.25 bits per heavy atom. The second kappa shape index (κ2) is 4.01. The summed E-state index contributed by atoms with van der Waals surface area (Å²) in [6.45, 7) is 2.34. The Hall–Kier alpha value is -0.0400. The van der Waals surface area contributed by atoms with E-state index < -0.39 is 0 Å². The first-order chi connectivity index (χ1) is 7.76. The first-order valence-corrected chi connectivity index (χ1v) is 7.52. The van der Waals surface area contributed by atoms with E-state index >= 15 is 0 Å². The van der Waals surface area contributed by atoms with E-state index in [4.69, 9.17) is 5.73 Å². The van der Waals surface area contributed by atoms with E-state index in [0.717, 1.165) is 17.8 Å². The van der Waals surface area contributed by atoms with Crippen LogP contribution in [0.2, 0.25) is 0 Å². The zero-order valence-corrected chi connectivity index (χ0v) is 10.8. The molecule has 0 aromatic rings. The van der Waals surface area contributed by atoms with Crippen LogP contribution in [0.15, 0.2) is 0 Å². The van der Waals surface area contributed by atoms with Crippen molar-refractivity contribution in [3.8, 4) is 0 Å². The molecule has 1 unspecified atom stereocenters. The second-order valence-electron chi connectivity index (χ2n) is 6.78. The number of hydrogen-bond acceptors (Lipinski definition) is 1. The van der Waals surface area contributed by atoms with Crippen molar-refractivity contribution in [2.24, 2.45) is 28.9 Å². The van der Waals surface area contributed by atoms with E-state index in [9.17, 15) is 0 Å². The van der Waals surface area contributed by atoms with Gasteiger partial charge < -0.3 is 5.73 Å². The lowest BCUT2D eigenvalue weighted by Crippen LogP contribution is -2.48. The lowest BCUT2D eigenvalue weighted by molar-refractivity contribution is 0.0456. The molecule has 3 rings (SSSR count). The van der Waals surface area contributed by atoms with Crippen LogP contribution in [0.4, 0.5) is 0 Å². The SMILES string of the molecule is CCC[C@@H]1CCC[C@@]2(C1)[C@H]1CCC(C1)[C@H]2N. The molecule has 0 amide bonds. The van der Waals surface area contributed by atoms with Gasteiger partial charge in [0.2, 0.25) is 0 Å². The molecule has 3 aliphatic rings. The van der Waals surface area contributed by atoms with Gasteiger partial charge in [-0.15, -0.1) is 0 Å². The Morgan fingerprint density at radius 2 is 2.12 bits per heavy atom. The highest BCUT2D eigenvalue weighted by Crippen LogP contribution is 2.62. The van der Waals surface area contributed by atoms with Gasteiger partial charge in [-0.1, -0.05) is 32.6 Å². The fourth-order valence-corrected chi connectivity index (χ4v) is 5.40. The predicted molar refractivity (Wildman–Crippen MR) is 68.1 cm³/mol. The summed E-state index contributed by atoms with van der Waals surface area (Å²) >= 11 is 0. The van der Waals surface area contributed by atoms with Crippen LogP contribution in [-0.2, 0) is 0 Å². The lowest BCUT2D eigenvalue weighted by Gasteiger charge is -2.48. The topological polar surface area (TPSA) is 26.0 Å². The van der Waals surface area contributed by atoms with E-state index in [0.29, 0.717) is 11.5 Å². The average molecular weight is 221 g/mol. The Bertz CT molecular complexity index is 256. The van der Waals surface area contributed by atoms with Crippen LogP contribution in [0.25, 0.3) is 0 Å². The van der Waals surface area contributed by atoms with E-state index in [1.807, 2.05) is 0 Å².